The standard InChI is InChI=1S/C9H8N2S/c1-6-7(4-10)5-11-8-2-3-12-9(6)8/h5H,2-3H2,1H3. The summed E-state index contributed by atoms with van der Waals surface area (Å²) in [5.74, 6) is 1.11. The minimum Gasteiger partial charge on any atom is -0.259 e. The van der Waals surface area contributed by atoms with Gasteiger partial charge < -0.3 is 0 Å². The highest BCUT2D eigenvalue weighted by molar-refractivity contribution is 7.99. The second-order valence-corrected chi connectivity index (χ2v) is 3.89. The van der Waals surface area contributed by atoms with E-state index in [2.05, 4.69) is 11.1 Å². The van der Waals surface area contributed by atoms with Crippen LogP contribution in [0.15, 0.2) is 11.1 Å². The van der Waals surface area contributed by atoms with E-state index in [0.29, 0.717) is 5.56 Å². The van der Waals surface area contributed by atoms with Crippen molar-refractivity contribution in [3.8, 4) is 6.07 Å². The van der Waals surface area contributed by atoms with Crippen LogP contribution in [0, 0.1) is 18.3 Å². The van der Waals surface area contributed by atoms with Gasteiger partial charge in [0.05, 0.1) is 11.3 Å². The molecule has 2 rings (SSSR count). The SMILES string of the molecule is Cc1c(C#N)cnc2c1SCC2. The first-order valence-electron chi connectivity index (χ1n) is 3.84. The van der Waals surface area contributed by atoms with E-state index in [4.69, 9.17) is 5.26 Å². The molecule has 1 aliphatic heterocycles. The van der Waals surface area contributed by atoms with Gasteiger partial charge in [-0.3, -0.25) is 4.98 Å². The Morgan fingerprint density at radius 3 is 3.25 bits per heavy atom. The topological polar surface area (TPSA) is 36.7 Å². The minimum absolute atomic E-state index is 0.711. The van der Waals surface area contributed by atoms with E-state index in [0.717, 1.165) is 23.4 Å². The van der Waals surface area contributed by atoms with E-state index < -0.39 is 0 Å². The minimum atomic E-state index is 0.711. The quantitative estimate of drug-likeness (QED) is 0.606. The first kappa shape index (κ1) is 7.63. The van der Waals surface area contributed by atoms with Crippen LogP contribution < -0.4 is 0 Å². The highest BCUT2D eigenvalue weighted by Crippen LogP contribution is 2.33. The number of aromatic nitrogens is 1. The lowest BCUT2D eigenvalue weighted by Gasteiger charge is -2.02. The average molecular weight is 176 g/mol. The van der Waals surface area contributed by atoms with Crippen LogP contribution in [0.25, 0.3) is 0 Å². The van der Waals surface area contributed by atoms with Crippen LogP contribution in [0.2, 0.25) is 0 Å². The van der Waals surface area contributed by atoms with Crippen LogP contribution in [0.3, 0.4) is 0 Å². The van der Waals surface area contributed by atoms with Gasteiger partial charge in [0.15, 0.2) is 0 Å². The first-order valence-corrected chi connectivity index (χ1v) is 4.83. The van der Waals surface area contributed by atoms with Gasteiger partial charge in [-0.2, -0.15) is 5.26 Å². The van der Waals surface area contributed by atoms with Crippen molar-refractivity contribution in [2.45, 2.75) is 18.2 Å². The Kier molecular flexibility index (Phi) is 1.78. The van der Waals surface area contributed by atoms with Crippen molar-refractivity contribution >= 4 is 11.8 Å². The van der Waals surface area contributed by atoms with E-state index >= 15 is 0 Å². The highest BCUT2D eigenvalue weighted by Gasteiger charge is 2.16. The number of fused-ring (bicyclic) bond motifs is 1. The molecular formula is C9H8N2S. The second kappa shape index (κ2) is 2.80. The molecule has 0 bridgehead atoms. The molecule has 1 aromatic rings. The molecule has 0 unspecified atom stereocenters. The summed E-state index contributed by atoms with van der Waals surface area (Å²) >= 11 is 1.81. The van der Waals surface area contributed by atoms with Crippen LogP contribution in [0.1, 0.15) is 16.8 Å². The van der Waals surface area contributed by atoms with Gasteiger partial charge in [-0.25, -0.2) is 0 Å². The first-order chi connectivity index (χ1) is 5.83. The summed E-state index contributed by atoms with van der Waals surface area (Å²) in [5.41, 5.74) is 2.98. The molecule has 2 heterocycles. The van der Waals surface area contributed by atoms with Gasteiger partial charge in [0, 0.05) is 23.3 Å². The third-order valence-corrected chi connectivity index (χ3v) is 3.30. The Hall–Kier alpha value is -1.01. The fraction of sp³-hybridized carbons (Fsp3) is 0.333. The van der Waals surface area contributed by atoms with Gasteiger partial charge in [-0.15, -0.1) is 11.8 Å². The van der Waals surface area contributed by atoms with E-state index in [1.54, 1.807) is 6.20 Å². The fourth-order valence-corrected chi connectivity index (χ4v) is 2.52. The van der Waals surface area contributed by atoms with Crippen LogP contribution in [0.5, 0.6) is 0 Å². The molecule has 0 aromatic carbocycles. The molecule has 1 aliphatic rings. The molecule has 12 heavy (non-hydrogen) atoms. The van der Waals surface area contributed by atoms with Crippen LogP contribution in [0.4, 0.5) is 0 Å². The fourth-order valence-electron chi connectivity index (χ4n) is 1.37. The summed E-state index contributed by atoms with van der Waals surface area (Å²) in [6.45, 7) is 2.00. The van der Waals surface area contributed by atoms with Crippen LogP contribution in [-0.4, -0.2) is 10.7 Å². The zero-order valence-electron chi connectivity index (χ0n) is 6.79. The zero-order valence-corrected chi connectivity index (χ0v) is 7.61. The zero-order chi connectivity index (χ0) is 8.55. The van der Waals surface area contributed by atoms with Gasteiger partial charge in [-0.05, 0) is 12.5 Å². The summed E-state index contributed by atoms with van der Waals surface area (Å²) in [6, 6.07) is 2.15. The average Bonchev–Trinajstić information content (AvgIpc) is 2.53. The number of nitrogens with zero attached hydrogens (tertiary/aromatic N) is 2. The monoisotopic (exact) mass is 176 g/mol. The molecule has 3 heteroatoms. The maximum Gasteiger partial charge on any atom is 0.101 e. The molecule has 60 valence electrons. The molecule has 0 amide bonds. The largest absolute Gasteiger partial charge is 0.259 e. The molecule has 0 fully saturated rings. The predicted molar refractivity (Wildman–Crippen MR) is 48.1 cm³/mol. The number of rotatable bonds is 0. The lowest BCUT2D eigenvalue weighted by molar-refractivity contribution is 1.00. The smallest absolute Gasteiger partial charge is 0.101 e. The van der Waals surface area contributed by atoms with E-state index in [-0.39, 0.29) is 0 Å². The summed E-state index contributed by atoms with van der Waals surface area (Å²) in [7, 11) is 0. The second-order valence-electron chi connectivity index (χ2n) is 2.78. The van der Waals surface area contributed by atoms with Crippen molar-refractivity contribution in [1.29, 1.82) is 5.26 Å². The number of hydrogen-bond donors (Lipinski definition) is 0. The predicted octanol–water partition coefficient (Wildman–Crippen LogP) is 1.91. The van der Waals surface area contributed by atoms with Crippen LogP contribution in [-0.2, 0) is 6.42 Å². The van der Waals surface area contributed by atoms with E-state index in [1.165, 1.54) is 4.90 Å². The molecule has 0 radical (unpaired) electrons. The Labute approximate surface area is 75.6 Å². The van der Waals surface area contributed by atoms with Gasteiger partial charge in [0.1, 0.15) is 6.07 Å². The summed E-state index contributed by atoms with van der Waals surface area (Å²) in [5, 5.41) is 8.75. The van der Waals surface area contributed by atoms with E-state index in [9.17, 15) is 0 Å². The normalized spacial score (nSPS) is 14.0. The molecule has 1 aromatic heterocycles. The Bertz CT molecular complexity index is 366. The molecule has 0 saturated heterocycles. The van der Waals surface area contributed by atoms with Crippen molar-refractivity contribution in [2.75, 3.05) is 5.75 Å². The van der Waals surface area contributed by atoms with Crippen molar-refractivity contribution in [3.05, 3.63) is 23.0 Å². The number of aryl methyl sites for hydroxylation is 1. The lowest BCUT2D eigenvalue weighted by atomic mass is 10.1. The molecule has 2 nitrogen and oxygen atoms in total. The summed E-state index contributed by atoms with van der Waals surface area (Å²) in [6.07, 6.45) is 2.73. The molecule has 0 aliphatic carbocycles. The van der Waals surface area contributed by atoms with E-state index in [1.807, 2.05) is 18.7 Å². The van der Waals surface area contributed by atoms with Crippen molar-refractivity contribution < 1.29 is 0 Å². The summed E-state index contributed by atoms with van der Waals surface area (Å²) < 4.78 is 0. The number of thioether (sulfide) groups is 1. The van der Waals surface area contributed by atoms with Gasteiger partial charge in [-0.1, -0.05) is 0 Å². The molecular weight excluding hydrogens is 168 g/mol. The molecule has 0 atom stereocenters. The van der Waals surface area contributed by atoms with Crippen molar-refractivity contribution in [3.63, 3.8) is 0 Å². The van der Waals surface area contributed by atoms with Gasteiger partial charge >= 0.3 is 0 Å². The maximum absolute atomic E-state index is 8.75. The Morgan fingerprint density at radius 1 is 1.67 bits per heavy atom. The Morgan fingerprint density at radius 2 is 2.50 bits per heavy atom. The van der Waals surface area contributed by atoms with Crippen LogP contribution >= 0.6 is 11.8 Å². The number of pyridine rings is 1. The third kappa shape index (κ3) is 0.997. The van der Waals surface area contributed by atoms with Gasteiger partial charge in [0.2, 0.25) is 0 Å². The molecule has 0 spiro atoms. The van der Waals surface area contributed by atoms with Crippen molar-refractivity contribution in [1.82, 2.24) is 4.98 Å². The Balaban J connectivity index is 2.63. The summed E-state index contributed by atoms with van der Waals surface area (Å²) in [4.78, 5) is 5.48. The third-order valence-electron chi connectivity index (χ3n) is 2.06. The lowest BCUT2D eigenvalue weighted by Crippen LogP contribution is -1.92. The molecule has 0 N–H and O–H groups in total. The molecule has 0 saturated carbocycles. The number of nitriles is 1. The number of hydrogen-bond acceptors (Lipinski definition) is 3. The van der Waals surface area contributed by atoms with Gasteiger partial charge in [0.25, 0.3) is 0 Å². The highest BCUT2D eigenvalue weighted by atomic mass is 32.2. The maximum atomic E-state index is 8.75. The van der Waals surface area contributed by atoms with Crippen molar-refractivity contribution in [2.24, 2.45) is 0 Å².